The van der Waals surface area contributed by atoms with Crippen LogP contribution in [0.5, 0.6) is 11.5 Å². The van der Waals surface area contributed by atoms with E-state index in [0.29, 0.717) is 22.7 Å². The van der Waals surface area contributed by atoms with Crippen LogP contribution in [0.3, 0.4) is 0 Å². The van der Waals surface area contributed by atoms with Crippen molar-refractivity contribution < 1.29 is 19.2 Å². The van der Waals surface area contributed by atoms with E-state index in [2.05, 4.69) is 26.1 Å². The number of nitro groups is 1. The zero-order valence-corrected chi connectivity index (χ0v) is 17.0. The molecule has 1 heterocycles. The molecule has 0 bridgehead atoms. The number of nitrogens with zero attached hydrogens (tertiary/aromatic N) is 3. The Morgan fingerprint density at radius 1 is 1.03 bits per heavy atom. The number of anilines is 3. The maximum absolute atomic E-state index is 12.3. The second kappa shape index (κ2) is 9.39. The van der Waals surface area contributed by atoms with Gasteiger partial charge in [-0.25, -0.2) is 9.97 Å². The fourth-order valence-electron chi connectivity index (χ4n) is 2.66. The van der Waals surface area contributed by atoms with Gasteiger partial charge in [-0.2, -0.15) is 0 Å². The first-order valence-corrected chi connectivity index (χ1v) is 9.04. The summed E-state index contributed by atoms with van der Waals surface area (Å²) >= 11 is 0. The molecule has 160 valence electrons. The Labute approximate surface area is 177 Å². The average molecular weight is 424 g/mol. The van der Waals surface area contributed by atoms with E-state index in [-0.39, 0.29) is 11.6 Å². The molecule has 2 aromatic carbocycles. The number of ether oxygens (including phenoxy) is 2. The van der Waals surface area contributed by atoms with E-state index in [1.54, 1.807) is 42.5 Å². The Morgan fingerprint density at radius 2 is 1.74 bits per heavy atom. The van der Waals surface area contributed by atoms with Gasteiger partial charge in [0.05, 0.1) is 24.8 Å². The van der Waals surface area contributed by atoms with Crippen molar-refractivity contribution in [1.29, 1.82) is 0 Å². The highest BCUT2D eigenvalue weighted by atomic mass is 16.6. The van der Waals surface area contributed by atoms with E-state index in [1.165, 1.54) is 14.2 Å². The number of amides is 1. The predicted molar refractivity (Wildman–Crippen MR) is 114 cm³/mol. The Balaban J connectivity index is 1.85. The van der Waals surface area contributed by atoms with Crippen molar-refractivity contribution >= 4 is 28.9 Å². The number of hydrazine groups is 1. The van der Waals surface area contributed by atoms with Crippen molar-refractivity contribution in [1.82, 2.24) is 15.4 Å². The Bertz CT molecular complexity index is 1100. The number of carbonyl (C=O) groups excluding carboxylic acids is 1. The molecule has 0 aliphatic carbocycles. The minimum absolute atomic E-state index is 0.0875. The van der Waals surface area contributed by atoms with Crippen molar-refractivity contribution in [2.24, 2.45) is 0 Å². The lowest BCUT2D eigenvalue weighted by atomic mass is 10.1. The van der Waals surface area contributed by atoms with Crippen LogP contribution < -0.4 is 25.6 Å². The number of aryl methyl sites for hydroxylation is 1. The van der Waals surface area contributed by atoms with E-state index in [4.69, 9.17) is 9.47 Å². The molecule has 0 saturated heterocycles. The Kier molecular flexibility index (Phi) is 6.45. The van der Waals surface area contributed by atoms with Gasteiger partial charge in [0.15, 0.2) is 0 Å². The first kappa shape index (κ1) is 21.3. The van der Waals surface area contributed by atoms with Crippen molar-refractivity contribution in [3.8, 4) is 11.5 Å². The molecule has 0 spiro atoms. The van der Waals surface area contributed by atoms with Crippen LogP contribution in [0.4, 0.5) is 23.0 Å². The molecular weight excluding hydrogens is 404 g/mol. The largest absolute Gasteiger partial charge is 0.497 e. The average Bonchev–Trinajstić information content (AvgIpc) is 2.78. The molecule has 11 heteroatoms. The van der Waals surface area contributed by atoms with Gasteiger partial charge in [-0.05, 0) is 31.2 Å². The molecule has 3 N–H and O–H groups in total. The summed E-state index contributed by atoms with van der Waals surface area (Å²) in [5.41, 5.74) is 6.27. The fraction of sp³-hybridized carbons (Fsp3) is 0.150. The molecule has 1 aromatic heterocycles. The van der Waals surface area contributed by atoms with Crippen molar-refractivity contribution in [2.75, 3.05) is 25.0 Å². The molecule has 0 saturated carbocycles. The molecule has 1 amide bonds. The fourth-order valence-corrected chi connectivity index (χ4v) is 2.66. The first-order valence-electron chi connectivity index (χ1n) is 9.04. The van der Waals surface area contributed by atoms with Crippen LogP contribution in [-0.2, 0) is 0 Å². The Hall–Kier alpha value is -4.41. The van der Waals surface area contributed by atoms with E-state index >= 15 is 0 Å². The summed E-state index contributed by atoms with van der Waals surface area (Å²) in [6.45, 7) is 1.90. The maximum Gasteiger partial charge on any atom is 0.355 e. The second-order valence-corrected chi connectivity index (χ2v) is 6.31. The van der Waals surface area contributed by atoms with Crippen molar-refractivity contribution in [3.05, 3.63) is 70.0 Å². The number of benzene rings is 2. The first-order chi connectivity index (χ1) is 14.9. The molecule has 3 aromatic rings. The van der Waals surface area contributed by atoms with Gasteiger partial charge in [0.1, 0.15) is 17.8 Å². The number of rotatable bonds is 8. The summed E-state index contributed by atoms with van der Waals surface area (Å²) in [5, 5.41) is 14.6. The summed E-state index contributed by atoms with van der Waals surface area (Å²) in [7, 11) is 2.97. The normalized spacial score (nSPS) is 10.2. The van der Waals surface area contributed by atoms with Gasteiger partial charge < -0.3 is 14.8 Å². The van der Waals surface area contributed by atoms with Crippen LogP contribution in [0.2, 0.25) is 0 Å². The van der Waals surface area contributed by atoms with Crippen LogP contribution >= 0.6 is 0 Å². The predicted octanol–water partition coefficient (Wildman–Crippen LogP) is 3.21. The van der Waals surface area contributed by atoms with Gasteiger partial charge >= 0.3 is 5.69 Å². The molecule has 0 fully saturated rings. The molecule has 0 aliphatic heterocycles. The van der Waals surface area contributed by atoms with Crippen LogP contribution in [0.15, 0.2) is 48.8 Å². The van der Waals surface area contributed by atoms with Crippen LogP contribution in [-0.4, -0.2) is 35.0 Å². The summed E-state index contributed by atoms with van der Waals surface area (Å²) < 4.78 is 10.4. The quantitative estimate of drug-likeness (QED) is 0.367. The lowest BCUT2D eigenvalue weighted by Crippen LogP contribution is -2.30. The third kappa shape index (κ3) is 4.96. The van der Waals surface area contributed by atoms with Crippen molar-refractivity contribution in [3.63, 3.8) is 0 Å². The lowest BCUT2D eigenvalue weighted by molar-refractivity contribution is -0.383. The summed E-state index contributed by atoms with van der Waals surface area (Å²) in [5.74, 6) is 0.209. The number of aromatic nitrogens is 2. The second-order valence-electron chi connectivity index (χ2n) is 6.31. The molecular formula is C20H20N6O5. The monoisotopic (exact) mass is 424 g/mol. The van der Waals surface area contributed by atoms with Gasteiger partial charge in [-0.1, -0.05) is 17.7 Å². The number of carbonyl (C=O) groups is 1. The standard InChI is InChI=1S/C20H20N6O5/c1-12-4-6-13(7-5-12)20(27)25-24-19-17(26(28)29)18(21-11-22-19)23-15-9-8-14(30-2)10-16(15)31-3/h4-11H,1-3H3,(H,25,27)(H2,21,22,23,24). The van der Waals surface area contributed by atoms with Gasteiger partial charge in [-0.3, -0.25) is 25.8 Å². The summed E-state index contributed by atoms with van der Waals surface area (Å²) in [4.78, 5) is 31.2. The molecule has 0 aliphatic rings. The minimum atomic E-state index is -0.654. The van der Waals surface area contributed by atoms with E-state index in [9.17, 15) is 14.9 Å². The van der Waals surface area contributed by atoms with E-state index < -0.39 is 16.5 Å². The van der Waals surface area contributed by atoms with E-state index in [1.807, 2.05) is 6.92 Å². The third-order valence-electron chi connectivity index (χ3n) is 4.27. The van der Waals surface area contributed by atoms with Crippen LogP contribution in [0, 0.1) is 17.0 Å². The third-order valence-corrected chi connectivity index (χ3v) is 4.27. The minimum Gasteiger partial charge on any atom is -0.497 e. The van der Waals surface area contributed by atoms with Gasteiger partial charge in [0.2, 0.25) is 11.6 Å². The number of methoxy groups -OCH3 is 2. The smallest absolute Gasteiger partial charge is 0.355 e. The summed E-state index contributed by atoms with van der Waals surface area (Å²) in [6, 6.07) is 11.8. The van der Waals surface area contributed by atoms with Crippen molar-refractivity contribution in [2.45, 2.75) is 6.92 Å². The highest BCUT2D eigenvalue weighted by Gasteiger charge is 2.24. The van der Waals surface area contributed by atoms with Crippen LogP contribution in [0.1, 0.15) is 15.9 Å². The topological polar surface area (TPSA) is 141 Å². The number of hydrogen-bond donors (Lipinski definition) is 3. The zero-order valence-electron chi connectivity index (χ0n) is 17.0. The Morgan fingerprint density at radius 3 is 2.39 bits per heavy atom. The van der Waals surface area contributed by atoms with Gasteiger partial charge in [0.25, 0.3) is 5.91 Å². The molecule has 31 heavy (non-hydrogen) atoms. The van der Waals surface area contributed by atoms with Gasteiger partial charge in [0, 0.05) is 11.6 Å². The zero-order chi connectivity index (χ0) is 22.4. The number of nitrogens with one attached hydrogen (secondary N) is 3. The molecule has 0 unspecified atom stereocenters. The SMILES string of the molecule is COc1ccc(Nc2ncnc(NNC(=O)c3ccc(C)cc3)c2[N+](=O)[O-])c(OC)c1. The molecule has 0 radical (unpaired) electrons. The number of hydrogen-bond acceptors (Lipinski definition) is 9. The highest BCUT2D eigenvalue weighted by molar-refractivity contribution is 5.95. The molecule has 0 atom stereocenters. The molecule has 3 rings (SSSR count). The molecule has 11 nitrogen and oxygen atoms in total. The van der Waals surface area contributed by atoms with Crippen LogP contribution in [0.25, 0.3) is 0 Å². The summed E-state index contributed by atoms with van der Waals surface area (Å²) in [6.07, 6.45) is 1.13. The maximum atomic E-state index is 12.3. The highest BCUT2D eigenvalue weighted by Crippen LogP contribution is 2.35. The lowest BCUT2D eigenvalue weighted by Gasteiger charge is -2.13. The van der Waals surface area contributed by atoms with E-state index in [0.717, 1.165) is 11.9 Å². The van der Waals surface area contributed by atoms with Gasteiger partial charge in [-0.15, -0.1) is 0 Å².